The van der Waals surface area contributed by atoms with Crippen molar-refractivity contribution in [2.24, 2.45) is 5.73 Å². The minimum atomic E-state index is -0.599. The van der Waals surface area contributed by atoms with E-state index in [4.69, 9.17) is 5.73 Å². The maximum atomic E-state index is 14.1. The van der Waals surface area contributed by atoms with E-state index in [1.165, 1.54) is 6.07 Å². The van der Waals surface area contributed by atoms with Crippen molar-refractivity contribution in [2.45, 2.75) is 37.8 Å². The van der Waals surface area contributed by atoms with Crippen LogP contribution in [0, 0.1) is 17.7 Å². The van der Waals surface area contributed by atoms with Gasteiger partial charge in [0, 0.05) is 24.2 Å². The average molecular weight is 290 g/mol. The molecule has 1 aromatic rings. The monoisotopic (exact) mass is 290 g/mol. The maximum Gasteiger partial charge on any atom is 0.128 e. The van der Waals surface area contributed by atoms with Gasteiger partial charge >= 0.3 is 0 Å². The summed E-state index contributed by atoms with van der Waals surface area (Å²) in [7, 11) is 1.91. The third-order valence-electron chi connectivity index (χ3n) is 3.93. The van der Waals surface area contributed by atoms with Crippen molar-refractivity contribution in [3.05, 3.63) is 35.1 Å². The molecule has 0 amide bonds. The van der Waals surface area contributed by atoms with Crippen molar-refractivity contribution in [3.8, 4) is 11.8 Å². The van der Waals surface area contributed by atoms with Crippen LogP contribution in [-0.2, 0) is 6.54 Å². The number of rotatable bonds is 4. The topological polar surface area (TPSA) is 49.5 Å². The van der Waals surface area contributed by atoms with Crippen LogP contribution in [0.4, 0.5) is 4.39 Å². The van der Waals surface area contributed by atoms with Crippen LogP contribution in [0.1, 0.15) is 36.8 Å². The summed E-state index contributed by atoms with van der Waals surface area (Å²) in [5.74, 6) is 5.27. The number of halogens is 1. The highest BCUT2D eigenvalue weighted by Gasteiger charge is 2.32. The molecule has 0 atom stereocenters. The van der Waals surface area contributed by atoms with E-state index in [1.54, 1.807) is 12.1 Å². The van der Waals surface area contributed by atoms with Crippen LogP contribution in [0.2, 0.25) is 0 Å². The zero-order valence-electron chi connectivity index (χ0n) is 12.5. The lowest BCUT2D eigenvalue weighted by molar-refractivity contribution is 0.0143. The van der Waals surface area contributed by atoms with E-state index >= 15 is 0 Å². The van der Waals surface area contributed by atoms with Crippen molar-refractivity contribution in [1.82, 2.24) is 4.90 Å². The average Bonchev–Trinajstić information content (AvgIpc) is 2.85. The number of aliphatic hydroxyl groups is 1. The Morgan fingerprint density at radius 1 is 1.38 bits per heavy atom. The summed E-state index contributed by atoms with van der Waals surface area (Å²) >= 11 is 0. The highest BCUT2D eigenvalue weighted by atomic mass is 19.1. The van der Waals surface area contributed by atoms with Crippen molar-refractivity contribution in [1.29, 1.82) is 0 Å². The smallest absolute Gasteiger partial charge is 0.128 e. The Morgan fingerprint density at radius 2 is 2.10 bits per heavy atom. The van der Waals surface area contributed by atoms with E-state index in [0.717, 1.165) is 25.7 Å². The standard InChI is InChI=1S/C17H23FN2O/c1-20(13-17(21)8-2-3-9-17)12-15-7-6-14(5-4-10-19)11-16(15)18/h6-7,11,21H,2-3,8-10,12-13,19H2,1H3. The first-order chi connectivity index (χ1) is 10.0. The van der Waals surface area contributed by atoms with Crippen LogP contribution in [0.15, 0.2) is 18.2 Å². The molecule has 1 aromatic carbocycles. The van der Waals surface area contributed by atoms with E-state index in [2.05, 4.69) is 11.8 Å². The van der Waals surface area contributed by atoms with Crippen LogP contribution < -0.4 is 5.73 Å². The first-order valence-electron chi connectivity index (χ1n) is 7.41. The Morgan fingerprint density at radius 3 is 2.71 bits per heavy atom. The molecule has 0 unspecified atom stereocenters. The minimum Gasteiger partial charge on any atom is -0.389 e. The molecule has 0 heterocycles. The van der Waals surface area contributed by atoms with Crippen LogP contribution >= 0.6 is 0 Å². The SMILES string of the molecule is CN(Cc1ccc(C#CCN)cc1F)CC1(O)CCCC1. The summed E-state index contributed by atoms with van der Waals surface area (Å²) in [6.45, 7) is 1.34. The van der Waals surface area contributed by atoms with Gasteiger partial charge in [0.1, 0.15) is 5.82 Å². The van der Waals surface area contributed by atoms with Crippen LogP contribution in [-0.4, -0.2) is 35.7 Å². The van der Waals surface area contributed by atoms with E-state index in [1.807, 2.05) is 11.9 Å². The second-order valence-electron chi connectivity index (χ2n) is 5.92. The van der Waals surface area contributed by atoms with Crippen LogP contribution in [0.5, 0.6) is 0 Å². The number of nitrogens with zero attached hydrogens (tertiary/aromatic N) is 1. The molecule has 21 heavy (non-hydrogen) atoms. The molecule has 1 saturated carbocycles. The van der Waals surface area contributed by atoms with Crippen molar-refractivity contribution in [3.63, 3.8) is 0 Å². The predicted molar refractivity (Wildman–Crippen MR) is 82.1 cm³/mol. The van der Waals surface area contributed by atoms with E-state index in [-0.39, 0.29) is 12.4 Å². The summed E-state index contributed by atoms with van der Waals surface area (Å²) in [5, 5.41) is 10.4. The lowest BCUT2D eigenvalue weighted by Crippen LogP contribution is -2.38. The normalized spacial score (nSPS) is 16.8. The Labute approximate surface area is 125 Å². The first-order valence-corrected chi connectivity index (χ1v) is 7.41. The van der Waals surface area contributed by atoms with E-state index in [9.17, 15) is 9.50 Å². The number of nitrogens with two attached hydrogens (primary N) is 1. The molecule has 3 N–H and O–H groups in total. The molecule has 3 nitrogen and oxygen atoms in total. The second-order valence-corrected chi connectivity index (χ2v) is 5.92. The zero-order valence-corrected chi connectivity index (χ0v) is 12.5. The molecule has 0 saturated heterocycles. The molecular formula is C17H23FN2O. The van der Waals surface area contributed by atoms with Gasteiger partial charge in [0.25, 0.3) is 0 Å². The van der Waals surface area contributed by atoms with Gasteiger partial charge in [0.15, 0.2) is 0 Å². The fourth-order valence-electron chi connectivity index (χ4n) is 2.95. The molecule has 1 aliphatic rings. The van der Waals surface area contributed by atoms with Gasteiger partial charge in [0.2, 0.25) is 0 Å². The summed E-state index contributed by atoms with van der Waals surface area (Å²) in [6.07, 6.45) is 3.83. The molecule has 2 rings (SSSR count). The highest BCUT2D eigenvalue weighted by Crippen LogP contribution is 2.30. The van der Waals surface area contributed by atoms with E-state index < -0.39 is 5.60 Å². The summed E-state index contributed by atoms with van der Waals surface area (Å²) in [5.41, 5.74) is 5.96. The second kappa shape index (κ2) is 7.04. The van der Waals surface area contributed by atoms with Crippen LogP contribution in [0.3, 0.4) is 0 Å². The van der Waals surface area contributed by atoms with Gasteiger partial charge in [0.05, 0.1) is 12.1 Å². The Kier molecular flexibility index (Phi) is 5.35. The number of hydrogen-bond acceptors (Lipinski definition) is 3. The predicted octanol–water partition coefficient (Wildman–Crippen LogP) is 1.87. The molecule has 0 aromatic heterocycles. The van der Waals surface area contributed by atoms with E-state index in [0.29, 0.717) is 24.2 Å². The minimum absolute atomic E-state index is 0.260. The van der Waals surface area contributed by atoms with Gasteiger partial charge < -0.3 is 10.8 Å². The third kappa shape index (κ3) is 4.53. The fraction of sp³-hybridized carbons (Fsp3) is 0.529. The lowest BCUT2D eigenvalue weighted by Gasteiger charge is -2.28. The molecule has 0 spiro atoms. The molecule has 114 valence electrons. The van der Waals surface area contributed by atoms with Gasteiger partial charge in [-0.3, -0.25) is 4.90 Å². The van der Waals surface area contributed by atoms with Crippen molar-refractivity contribution in [2.75, 3.05) is 20.1 Å². The molecule has 0 aliphatic heterocycles. The number of benzene rings is 1. The highest BCUT2D eigenvalue weighted by molar-refractivity contribution is 5.37. The quantitative estimate of drug-likeness (QED) is 0.832. The molecule has 4 heteroatoms. The molecule has 0 bridgehead atoms. The van der Waals surface area contributed by atoms with Gasteiger partial charge in [-0.05, 0) is 32.0 Å². The maximum absolute atomic E-state index is 14.1. The Bertz CT molecular complexity index is 541. The number of hydrogen-bond donors (Lipinski definition) is 2. The third-order valence-corrected chi connectivity index (χ3v) is 3.93. The lowest BCUT2D eigenvalue weighted by atomic mass is 10.0. The van der Waals surface area contributed by atoms with Crippen molar-refractivity contribution < 1.29 is 9.50 Å². The van der Waals surface area contributed by atoms with Gasteiger partial charge in [-0.25, -0.2) is 4.39 Å². The molecule has 0 radical (unpaired) electrons. The molecule has 1 fully saturated rings. The van der Waals surface area contributed by atoms with Crippen molar-refractivity contribution >= 4 is 0 Å². The number of likely N-dealkylation sites (N-methyl/N-ethyl adjacent to an activating group) is 1. The van der Waals surface area contributed by atoms with Gasteiger partial charge in [-0.1, -0.05) is 30.7 Å². The molecular weight excluding hydrogens is 267 g/mol. The fourth-order valence-corrected chi connectivity index (χ4v) is 2.95. The van der Waals surface area contributed by atoms with Gasteiger partial charge in [-0.2, -0.15) is 0 Å². The van der Waals surface area contributed by atoms with Gasteiger partial charge in [-0.15, -0.1) is 0 Å². The Hall–Kier alpha value is -1.41. The summed E-state index contributed by atoms with van der Waals surface area (Å²) in [4.78, 5) is 1.98. The zero-order chi connectivity index (χ0) is 15.3. The first kappa shape index (κ1) is 16.0. The van der Waals surface area contributed by atoms with Crippen LogP contribution in [0.25, 0.3) is 0 Å². The summed E-state index contributed by atoms with van der Waals surface area (Å²) < 4.78 is 14.1. The molecule has 1 aliphatic carbocycles. The summed E-state index contributed by atoms with van der Waals surface area (Å²) in [6, 6.07) is 5.00. The largest absolute Gasteiger partial charge is 0.389 e. The Balaban J connectivity index is 1.98.